The Morgan fingerprint density at radius 3 is 2.36 bits per heavy atom. The third kappa shape index (κ3) is 3.55. The van der Waals surface area contributed by atoms with E-state index in [9.17, 15) is 17.2 Å². The Labute approximate surface area is 131 Å². The second-order valence-electron chi connectivity index (χ2n) is 4.32. The van der Waals surface area contributed by atoms with Crippen molar-refractivity contribution in [2.45, 2.75) is 11.4 Å². The third-order valence-electron chi connectivity index (χ3n) is 2.95. The second kappa shape index (κ2) is 6.60. The molecule has 4 nitrogen and oxygen atoms in total. The van der Waals surface area contributed by atoms with E-state index < -0.39 is 33.8 Å². The lowest BCUT2D eigenvalue weighted by Crippen LogP contribution is -2.24. The van der Waals surface area contributed by atoms with Gasteiger partial charge in [-0.2, -0.15) is 0 Å². The van der Waals surface area contributed by atoms with Gasteiger partial charge in [-0.05, 0) is 36.4 Å². The van der Waals surface area contributed by atoms with E-state index in [4.69, 9.17) is 16.3 Å². The fourth-order valence-electron chi connectivity index (χ4n) is 1.74. The minimum Gasteiger partial charge on any atom is -0.497 e. The summed E-state index contributed by atoms with van der Waals surface area (Å²) in [5.74, 6) is -1.37. The van der Waals surface area contributed by atoms with Crippen molar-refractivity contribution in [1.29, 1.82) is 0 Å². The molecule has 0 unspecified atom stereocenters. The van der Waals surface area contributed by atoms with E-state index >= 15 is 0 Å². The first-order valence-electron chi connectivity index (χ1n) is 6.11. The highest BCUT2D eigenvalue weighted by atomic mass is 35.5. The van der Waals surface area contributed by atoms with Gasteiger partial charge in [0.1, 0.15) is 17.4 Å². The van der Waals surface area contributed by atoms with Gasteiger partial charge >= 0.3 is 0 Å². The smallest absolute Gasteiger partial charge is 0.240 e. The number of methoxy groups -OCH3 is 1. The summed E-state index contributed by atoms with van der Waals surface area (Å²) in [5, 5.41) is -0.278. The summed E-state index contributed by atoms with van der Waals surface area (Å²) in [6, 6.07) is 7.62. The lowest BCUT2D eigenvalue weighted by molar-refractivity contribution is 0.414. The van der Waals surface area contributed by atoms with Gasteiger partial charge in [0.15, 0.2) is 0 Å². The number of ether oxygens (including phenoxy) is 1. The van der Waals surface area contributed by atoms with Crippen LogP contribution in [-0.4, -0.2) is 15.5 Å². The molecule has 0 saturated heterocycles. The minimum absolute atomic E-state index is 0.0452. The Hall–Kier alpha value is -1.70. The molecule has 0 aromatic heterocycles. The molecule has 0 saturated carbocycles. The first kappa shape index (κ1) is 16.7. The molecule has 0 aliphatic heterocycles. The number of hydrogen-bond donors (Lipinski definition) is 1. The first-order chi connectivity index (χ1) is 10.3. The van der Waals surface area contributed by atoms with E-state index in [1.807, 2.05) is 0 Å². The molecule has 2 aromatic rings. The third-order valence-corrected chi connectivity index (χ3v) is 4.66. The number of rotatable bonds is 5. The Bertz CT molecular complexity index is 779. The molecule has 0 spiro atoms. The van der Waals surface area contributed by atoms with E-state index in [2.05, 4.69) is 4.72 Å². The Balaban J connectivity index is 2.21. The van der Waals surface area contributed by atoms with E-state index in [0.29, 0.717) is 5.75 Å². The van der Waals surface area contributed by atoms with Crippen LogP contribution in [0.25, 0.3) is 0 Å². The number of nitrogens with one attached hydrogen (secondary N) is 1. The molecule has 8 heteroatoms. The van der Waals surface area contributed by atoms with Gasteiger partial charge in [0, 0.05) is 12.1 Å². The topological polar surface area (TPSA) is 55.4 Å². The second-order valence-corrected chi connectivity index (χ2v) is 6.50. The van der Waals surface area contributed by atoms with Gasteiger partial charge in [0.05, 0.1) is 17.0 Å². The molecule has 0 heterocycles. The molecule has 0 radical (unpaired) electrons. The van der Waals surface area contributed by atoms with Gasteiger partial charge in [-0.1, -0.05) is 11.6 Å². The van der Waals surface area contributed by atoms with Crippen LogP contribution in [0, 0.1) is 11.6 Å². The average molecular weight is 348 g/mol. The minimum atomic E-state index is -3.91. The molecule has 2 rings (SSSR count). The summed E-state index contributed by atoms with van der Waals surface area (Å²) in [7, 11) is -2.46. The number of benzene rings is 2. The summed E-state index contributed by atoms with van der Waals surface area (Å²) in [6.07, 6.45) is 0. The highest BCUT2D eigenvalue weighted by molar-refractivity contribution is 7.89. The van der Waals surface area contributed by atoms with Gasteiger partial charge in [-0.15, -0.1) is 0 Å². The van der Waals surface area contributed by atoms with E-state index in [0.717, 1.165) is 12.1 Å². The molecule has 0 aliphatic rings. The van der Waals surface area contributed by atoms with Gasteiger partial charge in [-0.25, -0.2) is 21.9 Å². The zero-order valence-electron chi connectivity index (χ0n) is 11.4. The SMILES string of the molecule is COc1ccc(S(=O)(=O)NCc2c(F)ccc(Cl)c2F)cc1. The maximum atomic E-state index is 13.7. The predicted octanol–water partition coefficient (Wildman–Crippen LogP) is 3.11. The van der Waals surface area contributed by atoms with Crippen LogP contribution in [0.3, 0.4) is 0 Å². The lowest BCUT2D eigenvalue weighted by Gasteiger charge is -2.09. The molecular formula is C14H12ClF2NO3S. The Kier molecular flexibility index (Phi) is 5.00. The summed E-state index contributed by atoms with van der Waals surface area (Å²) in [4.78, 5) is -0.0452. The standard InChI is InChI=1S/C14H12ClF2NO3S/c1-21-9-2-4-10(5-3-9)22(19,20)18-8-11-13(16)7-6-12(15)14(11)17/h2-7,18H,8H2,1H3. The Morgan fingerprint density at radius 2 is 1.77 bits per heavy atom. The highest BCUT2D eigenvalue weighted by Gasteiger charge is 2.18. The predicted molar refractivity (Wildman–Crippen MR) is 78.4 cm³/mol. The van der Waals surface area contributed by atoms with Crippen LogP contribution in [-0.2, 0) is 16.6 Å². The van der Waals surface area contributed by atoms with Crippen LogP contribution in [0.15, 0.2) is 41.3 Å². The van der Waals surface area contributed by atoms with Gasteiger partial charge in [-0.3, -0.25) is 0 Å². The molecule has 0 aliphatic carbocycles. The van der Waals surface area contributed by atoms with Gasteiger partial charge in [0.2, 0.25) is 10.0 Å². The quantitative estimate of drug-likeness (QED) is 0.846. The summed E-state index contributed by atoms with van der Waals surface area (Å²) in [5.41, 5.74) is -0.440. The number of halogens is 3. The molecule has 0 atom stereocenters. The van der Waals surface area contributed by atoms with Crippen LogP contribution in [0.5, 0.6) is 5.75 Å². The monoisotopic (exact) mass is 347 g/mol. The van der Waals surface area contributed by atoms with Crippen LogP contribution < -0.4 is 9.46 Å². The largest absolute Gasteiger partial charge is 0.497 e. The zero-order valence-corrected chi connectivity index (χ0v) is 13.0. The van der Waals surface area contributed by atoms with Crippen molar-refractivity contribution in [2.75, 3.05) is 7.11 Å². The van der Waals surface area contributed by atoms with Crippen molar-refractivity contribution in [1.82, 2.24) is 4.72 Å². The molecule has 118 valence electrons. The van der Waals surface area contributed by atoms with Gasteiger partial charge < -0.3 is 4.74 Å². The maximum Gasteiger partial charge on any atom is 0.240 e. The van der Waals surface area contributed by atoms with Crippen LogP contribution in [0.2, 0.25) is 5.02 Å². The molecule has 22 heavy (non-hydrogen) atoms. The van der Waals surface area contributed by atoms with E-state index in [1.165, 1.54) is 31.4 Å². The summed E-state index contributed by atoms with van der Waals surface area (Å²) >= 11 is 5.55. The molecule has 1 N–H and O–H groups in total. The molecule has 0 amide bonds. The van der Waals surface area contributed by atoms with Crippen LogP contribution >= 0.6 is 11.6 Å². The average Bonchev–Trinajstić information content (AvgIpc) is 2.51. The van der Waals surface area contributed by atoms with Crippen molar-refractivity contribution in [3.05, 3.63) is 58.6 Å². The Morgan fingerprint density at radius 1 is 1.14 bits per heavy atom. The van der Waals surface area contributed by atoms with Crippen molar-refractivity contribution in [2.24, 2.45) is 0 Å². The van der Waals surface area contributed by atoms with Crippen LogP contribution in [0.1, 0.15) is 5.56 Å². The number of sulfonamides is 1. The molecule has 0 bridgehead atoms. The van der Waals surface area contributed by atoms with Crippen molar-refractivity contribution in [3.63, 3.8) is 0 Å². The first-order valence-corrected chi connectivity index (χ1v) is 7.97. The molecule has 0 fully saturated rings. The fourth-order valence-corrected chi connectivity index (χ4v) is 2.91. The summed E-state index contributed by atoms with van der Waals surface area (Å²) < 4.78 is 58.5. The molecule has 2 aromatic carbocycles. The maximum absolute atomic E-state index is 13.7. The highest BCUT2D eigenvalue weighted by Crippen LogP contribution is 2.22. The van der Waals surface area contributed by atoms with Gasteiger partial charge in [0.25, 0.3) is 0 Å². The van der Waals surface area contributed by atoms with Crippen molar-refractivity contribution < 1.29 is 21.9 Å². The number of hydrogen-bond acceptors (Lipinski definition) is 3. The zero-order chi connectivity index (χ0) is 16.3. The van der Waals surface area contributed by atoms with E-state index in [-0.39, 0.29) is 9.92 Å². The lowest BCUT2D eigenvalue weighted by atomic mass is 10.2. The van der Waals surface area contributed by atoms with Crippen molar-refractivity contribution >= 4 is 21.6 Å². The van der Waals surface area contributed by atoms with E-state index in [1.54, 1.807) is 0 Å². The van der Waals surface area contributed by atoms with Crippen LogP contribution in [0.4, 0.5) is 8.78 Å². The molecular weight excluding hydrogens is 336 g/mol. The fraction of sp³-hybridized carbons (Fsp3) is 0.143. The summed E-state index contributed by atoms with van der Waals surface area (Å²) in [6.45, 7) is -0.549. The van der Waals surface area contributed by atoms with Crippen molar-refractivity contribution in [3.8, 4) is 5.75 Å². The normalized spacial score (nSPS) is 11.5.